The molecule has 2 heterocycles. The van der Waals surface area contributed by atoms with Crippen LogP contribution in [0.1, 0.15) is 18.9 Å². The Bertz CT molecular complexity index is 675. The molecular weight excluding hydrogens is 336 g/mol. The Morgan fingerprint density at radius 2 is 1.92 bits per heavy atom. The number of hydrogen-bond donors (Lipinski definition) is 2. The van der Waals surface area contributed by atoms with Crippen LogP contribution in [0.25, 0.3) is 0 Å². The van der Waals surface area contributed by atoms with Gasteiger partial charge in [0.2, 0.25) is 0 Å². The molecule has 8 heteroatoms. The van der Waals surface area contributed by atoms with E-state index in [1.807, 2.05) is 35.2 Å². The second-order valence-corrected chi connectivity index (χ2v) is 6.81. The van der Waals surface area contributed by atoms with Gasteiger partial charge in [-0.25, -0.2) is 4.79 Å². The van der Waals surface area contributed by atoms with Crippen LogP contribution in [0, 0.1) is 0 Å². The Morgan fingerprint density at radius 1 is 1.23 bits per heavy atom. The van der Waals surface area contributed by atoms with E-state index in [0.717, 1.165) is 10.6 Å². The Balaban J connectivity index is 1.56. The number of urea groups is 1. The molecule has 0 spiro atoms. The number of aryl methyl sites for hydroxylation is 1. The van der Waals surface area contributed by atoms with E-state index < -0.39 is 17.5 Å². The van der Waals surface area contributed by atoms with E-state index in [2.05, 4.69) is 10.7 Å². The van der Waals surface area contributed by atoms with E-state index in [-0.39, 0.29) is 12.5 Å². The SMILES string of the molecule is CC1(CCc2ccccc2)NC(=O)N(NC(=O)CN2CCOCC2)C1=O. The fraction of sp³-hybridized carbons (Fsp3) is 0.500. The summed E-state index contributed by atoms with van der Waals surface area (Å²) in [7, 11) is 0. The van der Waals surface area contributed by atoms with Crippen molar-refractivity contribution in [1.29, 1.82) is 0 Å². The molecule has 2 saturated heterocycles. The standard InChI is InChI=1S/C18H24N4O4/c1-18(8-7-14-5-3-2-4-6-14)16(24)22(17(25)19-18)20-15(23)13-21-9-11-26-12-10-21/h2-6H,7-13H2,1H3,(H,19,25)(H,20,23). The van der Waals surface area contributed by atoms with E-state index in [0.29, 0.717) is 39.1 Å². The minimum atomic E-state index is -1.03. The molecule has 0 saturated carbocycles. The molecule has 0 bridgehead atoms. The molecule has 2 aliphatic heterocycles. The smallest absolute Gasteiger partial charge is 0.344 e. The van der Waals surface area contributed by atoms with Crippen molar-refractivity contribution in [1.82, 2.24) is 20.7 Å². The van der Waals surface area contributed by atoms with E-state index in [1.165, 1.54) is 0 Å². The van der Waals surface area contributed by atoms with Crippen LogP contribution in [0.3, 0.4) is 0 Å². The highest BCUT2D eigenvalue weighted by atomic mass is 16.5. The van der Waals surface area contributed by atoms with Gasteiger partial charge in [-0.05, 0) is 25.3 Å². The zero-order chi connectivity index (χ0) is 18.6. The summed E-state index contributed by atoms with van der Waals surface area (Å²) in [6.07, 6.45) is 1.11. The van der Waals surface area contributed by atoms with Gasteiger partial charge in [-0.1, -0.05) is 30.3 Å². The molecule has 1 unspecified atom stereocenters. The number of amides is 4. The average molecular weight is 360 g/mol. The van der Waals surface area contributed by atoms with Crippen LogP contribution in [0.15, 0.2) is 30.3 Å². The first-order valence-electron chi connectivity index (χ1n) is 8.78. The van der Waals surface area contributed by atoms with Gasteiger partial charge in [-0.2, -0.15) is 5.01 Å². The molecule has 2 N–H and O–H groups in total. The van der Waals surface area contributed by atoms with Gasteiger partial charge in [0.05, 0.1) is 19.8 Å². The maximum Gasteiger partial charge on any atom is 0.344 e. The third-order valence-corrected chi connectivity index (χ3v) is 4.72. The molecular formula is C18H24N4O4. The summed E-state index contributed by atoms with van der Waals surface area (Å²) in [5, 5.41) is 3.50. The number of hydrazine groups is 1. The van der Waals surface area contributed by atoms with Crippen LogP contribution in [0.5, 0.6) is 0 Å². The maximum atomic E-state index is 12.7. The number of carbonyl (C=O) groups is 3. The zero-order valence-electron chi connectivity index (χ0n) is 14.9. The molecule has 26 heavy (non-hydrogen) atoms. The van der Waals surface area contributed by atoms with Crippen molar-refractivity contribution >= 4 is 17.8 Å². The van der Waals surface area contributed by atoms with Gasteiger partial charge in [0.25, 0.3) is 11.8 Å². The van der Waals surface area contributed by atoms with Crippen LogP contribution >= 0.6 is 0 Å². The molecule has 2 fully saturated rings. The van der Waals surface area contributed by atoms with Crippen molar-refractivity contribution in [3.05, 3.63) is 35.9 Å². The van der Waals surface area contributed by atoms with Gasteiger partial charge in [-0.15, -0.1) is 0 Å². The molecule has 140 valence electrons. The molecule has 3 rings (SSSR count). The van der Waals surface area contributed by atoms with Gasteiger partial charge in [0.15, 0.2) is 0 Å². The first-order chi connectivity index (χ1) is 12.5. The zero-order valence-corrected chi connectivity index (χ0v) is 14.9. The Kier molecular flexibility index (Phi) is 5.53. The summed E-state index contributed by atoms with van der Waals surface area (Å²) in [5.74, 6) is -0.823. The van der Waals surface area contributed by atoms with Crippen LogP contribution in [0.2, 0.25) is 0 Å². The van der Waals surface area contributed by atoms with Crippen LogP contribution in [0.4, 0.5) is 4.79 Å². The minimum absolute atomic E-state index is 0.126. The lowest BCUT2D eigenvalue weighted by atomic mass is 9.93. The number of hydrogen-bond acceptors (Lipinski definition) is 5. The van der Waals surface area contributed by atoms with E-state index in [4.69, 9.17) is 4.74 Å². The average Bonchev–Trinajstić information content (AvgIpc) is 2.85. The van der Waals surface area contributed by atoms with Crippen LogP contribution in [-0.4, -0.2) is 66.1 Å². The number of ether oxygens (including phenoxy) is 1. The normalized spacial score (nSPS) is 23.8. The maximum absolute atomic E-state index is 12.7. The molecule has 1 aromatic rings. The predicted octanol–water partition coefficient (Wildman–Crippen LogP) is 0.293. The summed E-state index contributed by atoms with van der Waals surface area (Å²) in [6, 6.07) is 9.16. The molecule has 0 aromatic heterocycles. The second-order valence-electron chi connectivity index (χ2n) is 6.81. The molecule has 2 aliphatic rings. The topological polar surface area (TPSA) is 91.0 Å². The summed E-state index contributed by atoms with van der Waals surface area (Å²) in [4.78, 5) is 39.0. The number of nitrogens with zero attached hydrogens (tertiary/aromatic N) is 2. The molecule has 0 aliphatic carbocycles. The van der Waals surface area contributed by atoms with Crippen molar-refractivity contribution in [2.75, 3.05) is 32.8 Å². The quantitative estimate of drug-likeness (QED) is 0.712. The van der Waals surface area contributed by atoms with Gasteiger partial charge >= 0.3 is 6.03 Å². The summed E-state index contributed by atoms with van der Waals surface area (Å²) >= 11 is 0. The predicted molar refractivity (Wildman–Crippen MR) is 93.9 cm³/mol. The summed E-state index contributed by atoms with van der Waals surface area (Å²) in [6.45, 7) is 4.28. The van der Waals surface area contributed by atoms with Gasteiger partial charge in [0, 0.05) is 13.1 Å². The van der Waals surface area contributed by atoms with Crippen molar-refractivity contribution in [3.8, 4) is 0 Å². The van der Waals surface area contributed by atoms with Gasteiger partial charge in [0.1, 0.15) is 5.54 Å². The lowest BCUT2D eigenvalue weighted by Crippen LogP contribution is -2.52. The van der Waals surface area contributed by atoms with Crippen molar-refractivity contribution in [3.63, 3.8) is 0 Å². The first kappa shape index (κ1) is 18.3. The van der Waals surface area contributed by atoms with Crippen LogP contribution < -0.4 is 10.7 Å². The number of benzene rings is 1. The van der Waals surface area contributed by atoms with E-state index >= 15 is 0 Å². The number of rotatable bonds is 6. The highest BCUT2D eigenvalue weighted by molar-refractivity contribution is 6.07. The second kappa shape index (κ2) is 7.84. The van der Waals surface area contributed by atoms with E-state index in [1.54, 1.807) is 6.92 Å². The van der Waals surface area contributed by atoms with Crippen molar-refractivity contribution < 1.29 is 19.1 Å². The molecule has 0 radical (unpaired) electrons. The summed E-state index contributed by atoms with van der Waals surface area (Å²) in [5.41, 5.74) is 2.49. The molecule has 8 nitrogen and oxygen atoms in total. The highest BCUT2D eigenvalue weighted by Crippen LogP contribution is 2.22. The Labute approximate surface area is 152 Å². The van der Waals surface area contributed by atoms with Gasteiger partial charge in [-0.3, -0.25) is 19.9 Å². The van der Waals surface area contributed by atoms with Crippen molar-refractivity contribution in [2.24, 2.45) is 0 Å². The Hall–Kier alpha value is -2.45. The van der Waals surface area contributed by atoms with Crippen LogP contribution in [-0.2, 0) is 20.7 Å². The van der Waals surface area contributed by atoms with Crippen molar-refractivity contribution in [2.45, 2.75) is 25.3 Å². The third kappa shape index (κ3) is 4.20. The lowest BCUT2D eigenvalue weighted by Gasteiger charge is -2.26. The molecule has 1 aromatic carbocycles. The fourth-order valence-electron chi connectivity index (χ4n) is 3.12. The number of carbonyl (C=O) groups excluding carboxylic acids is 3. The van der Waals surface area contributed by atoms with E-state index in [9.17, 15) is 14.4 Å². The number of morpholine rings is 1. The monoisotopic (exact) mass is 360 g/mol. The first-order valence-corrected chi connectivity index (χ1v) is 8.78. The fourth-order valence-corrected chi connectivity index (χ4v) is 3.12. The lowest BCUT2D eigenvalue weighted by molar-refractivity contribution is -0.139. The highest BCUT2D eigenvalue weighted by Gasteiger charge is 2.48. The molecule has 4 amide bonds. The summed E-state index contributed by atoms with van der Waals surface area (Å²) < 4.78 is 5.24. The number of nitrogens with one attached hydrogen (secondary N) is 2. The van der Waals surface area contributed by atoms with Gasteiger partial charge < -0.3 is 10.1 Å². The Morgan fingerprint density at radius 3 is 2.62 bits per heavy atom. The number of imide groups is 1. The molecule has 1 atom stereocenters. The third-order valence-electron chi connectivity index (χ3n) is 4.72. The largest absolute Gasteiger partial charge is 0.379 e. The minimum Gasteiger partial charge on any atom is -0.379 e.